The van der Waals surface area contributed by atoms with Gasteiger partial charge in [-0.1, -0.05) is 18.2 Å². The number of carbonyl (C=O) groups is 1. The molecule has 5 aliphatic rings. The van der Waals surface area contributed by atoms with Crippen molar-refractivity contribution in [3.63, 3.8) is 0 Å². The van der Waals surface area contributed by atoms with Crippen LogP contribution >= 0.6 is 0 Å². The monoisotopic (exact) mass is 498 g/mol. The first kappa shape index (κ1) is 23.6. The van der Waals surface area contributed by atoms with Gasteiger partial charge in [0.25, 0.3) is 17.9 Å². The number of carbonyl (C=O) groups excluding carboxylic acids is 1. The molecule has 3 atom stereocenters. The van der Waals surface area contributed by atoms with Crippen molar-refractivity contribution < 1.29 is 18.3 Å². The highest BCUT2D eigenvalue weighted by molar-refractivity contribution is 5.99. The summed E-state index contributed by atoms with van der Waals surface area (Å²) in [5.41, 5.74) is 1.49. The van der Waals surface area contributed by atoms with Gasteiger partial charge >= 0.3 is 0 Å². The highest BCUT2D eigenvalue weighted by Crippen LogP contribution is 2.49. The van der Waals surface area contributed by atoms with Crippen molar-refractivity contribution in [2.45, 2.75) is 56.8 Å². The number of halogens is 2. The fourth-order valence-corrected chi connectivity index (χ4v) is 6.63. The van der Waals surface area contributed by atoms with Crippen LogP contribution in [0, 0.1) is 18.8 Å². The number of hydrogen-bond donors (Lipinski definition) is 2. The summed E-state index contributed by atoms with van der Waals surface area (Å²) >= 11 is 0. The number of ether oxygens (including phenoxy) is 1. The summed E-state index contributed by atoms with van der Waals surface area (Å²) in [4.78, 5) is 29.1. The molecular weight excluding hydrogens is 466 g/mol. The molecule has 36 heavy (non-hydrogen) atoms. The third kappa shape index (κ3) is 3.75. The Bertz CT molecular complexity index is 1250. The maximum atomic E-state index is 13.6. The van der Waals surface area contributed by atoms with Crippen molar-refractivity contribution in [2.75, 3.05) is 32.1 Å². The van der Waals surface area contributed by atoms with Crippen LogP contribution in [-0.4, -0.2) is 54.3 Å². The Morgan fingerprint density at radius 1 is 1.19 bits per heavy atom. The minimum Gasteiger partial charge on any atom is -0.381 e. The van der Waals surface area contributed by atoms with Crippen molar-refractivity contribution in [1.29, 1.82) is 0 Å². The molecule has 7 rings (SSSR count). The third-order valence-corrected chi connectivity index (χ3v) is 8.78. The number of amides is 1. The van der Waals surface area contributed by atoms with E-state index in [2.05, 4.69) is 22.6 Å². The number of likely N-dealkylation sites (tertiary alicyclic amines) is 1. The predicted octanol–water partition coefficient (Wildman–Crippen LogP) is 3.45. The molecular formula is C27H32F2N4O3. The Kier molecular flexibility index (Phi) is 5.50. The number of hydrogen-bond acceptors (Lipinski definition) is 5. The quantitative estimate of drug-likeness (QED) is 0.612. The Morgan fingerprint density at radius 2 is 1.89 bits per heavy atom. The van der Waals surface area contributed by atoms with Crippen LogP contribution in [-0.2, 0) is 10.3 Å². The molecule has 4 heterocycles. The topological polar surface area (TPSA) is 75.6 Å². The molecule has 5 fully saturated rings. The number of anilines is 1. The molecule has 192 valence electrons. The van der Waals surface area contributed by atoms with Gasteiger partial charge in [-0.15, -0.1) is 0 Å². The number of piperidine rings is 1. The fourth-order valence-electron chi connectivity index (χ4n) is 6.63. The maximum absolute atomic E-state index is 13.6. The lowest BCUT2D eigenvalue weighted by atomic mass is 9.78. The second-order valence-electron chi connectivity index (χ2n) is 11.2. The standard InChI is InChI=1S/C27H32F2N4O3/c1-14-17(5-4-6-18(14)25(28)29)15(2)30-26(35)21-12-33(27-8-16(9-27)36-13-27)23(34)7-22(21)31-24-19-10-32(3)11-20(19)24/h4-7,12,15-16,19-20,24-25,31H,8-11,13H2,1-3H3,(H,30,35)/t15-,16?,19?,20?,24?,27?/m1/s1. The summed E-state index contributed by atoms with van der Waals surface area (Å²) in [6.07, 6.45) is 0.819. The average Bonchev–Trinajstić information content (AvgIpc) is 3.22. The smallest absolute Gasteiger partial charge is 0.264 e. The Morgan fingerprint density at radius 3 is 2.53 bits per heavy atom. The number of aromatic nitrogens is 1. The molecule has 2 N–H and O–H groups in total. The fraction of sp³-hybridized carbons (Fsp3) is 0.556. The van der Waals surface area contributed by atoms with E-state index >= 15 is 0 Å². The zero-order chi connectivity index (χ0) is 25.4. The van der Waals surface area contributed by atoms with Crippen LogP contribution in [0.1, 0.15) is 59.3 Å². The van der Waals surface area contributed by atoms with Crippen molar-refractivity contribution in [3.8, 4) is 0 Å². The van der Waals surface area contributed by atoms with Crippen LogP contribution in [0.3, 0.4) is 0 Å². The molecule has 0 spiro atoms. The van der Waals surface area contributed by atoms with Gasteiger partial charge in [-0.2, -0.15) is 0 Å². The van der Waals surface area contributed by atoms with E-state index in [1.54, 1.807) is 42.8 Å². The molecule has 0 radical (unpaired) electrons. The van der Waals surface area contributed by atoms with E-state index in [4.69, 9.17) is 4.74 Å². The summed E-state index contributed by atoms with van der Waals surface area (Å²) in [6.45, 7) is 5.92. The SMILES string of the molecule is Cc1c(C(F)F)cccc1[C@@H](C)NC(=O)c1cn(C23COC(C2)C3)c(=O)cc1NC1C2CN(C)CC21. The highest BCUT2D eigenvalue weighted by Gasteiger charge is 2.56. The Hall–Kier alpha value is -2.78. The predicted molar refractivity (Wildman–Crippen MR) is 132 cm³/mol. The highest BCUT2D eigenvalue weighted by atomic mass is 19.3. The van der Waals surface area contributed by atoms with Gasteiger partial charge in [-0.3, -0.25) is 9.59 Å². The van der Waals surface area contributed by atoms with E-state index in [1.807, 2.05) is 0 Å². The first-order valence-corrected chi connectivity index (χ1v) is 12.7. The largest absolute Gasteiger partial charge is 0.381 e. The minimum absolute atomic E-state index is 0.0328. The van der Waals surface area contributed by atoms with Crippen molar-refractivity contribution in [3.05, 3.63) is 63.1 Å². The number of fused-ring (bicyclic) bond motifs is 2. The number of benzene rings is 1. The Balaban J connectivity index is 1.30. The van der Waals surface area contributed by atoms with Gasteiger partial charge in [0.15, 0.2) is 0 Å². The Labute approximate surface area is 208 Å². The van der Waals surface area contributed by atoms with Crippen LogP contribution in [0.2, 0.25) is 0 Å². The van der Waals surface area contributed by atoms with Crippen molar-refractivity contribution >= 4 is 11.6 Å². The minimum atomic E-state index is -2.58. The lowest BCUT2D eigenvalue weighted by Crippen LogP contribution is -2.48. The molecule has 9 heteroatoms. The first-order valence-electron chi connectivity index (χ1n) is 12.7. The normalized spacial score (nSPS) is 31.2. The van der Waals surface area contributed by atoms with E-state index < -0.39 is 12.5 Å². The molecule has 2 aliphatic carbocycles. The summed E-state index contributed by atoms with van der Waals surface area (Å²) < 4.78 is 34.3. The molecule has 2 aromatic rings. The van der Waals surface area contributed by atoms with E-state index in [1.165, 1.54) is 6.07 Å². The number of nitrogens with zero attached hydrogens (tertiary/aromatic N) is 2. The van der Waals surface area contributed by atoms with Crippen LogP contribution in [0.4, 0.5) is 14.5 Å². The van der Waals surface area contributed by atoms with Crippen molar-refractivity contribution in [2.24, 2.45) is 11.8 Å². The molecule has 1 aromatic heterocycles. The maximum Gasteiger partial charge on any atom is 0.264 e. The number of pyridine rings is 1. The van der Waals surface area contributed by atoms with Gasteiger partial charge in [-0.25, -0.2) is 8.78 Å². The zero-order valence-corrected chi connectivity index (χ0v) is 20.8. The van der Waals surface area contributed by atoms with Gasteiger partial charge in [0.1, 0.15) is 0 Å². The molecule has 7 nitrogen and oxygen atoms in total. The van der Waals surface area contributed by atoms with Gasteiger partial charge < -0.3 is 24.8 Å². The molecule has 1 amide bonds. The molecule has 2 bridgehead atoms. The van der Waals surface area contributed by atoms with Gasteiger partial charge in [0.05, 0.1) is 35.5 Å². The van der Waals surface area contributed by atoms with Gasteiger partial charge in [-0.05, 0) is 56.7 Å². The summed E-state index contributed by atoms with van der Waals surface area (Å²) in [6, 6.07) is 6.06. The van der Waals surface area contributed by atoms with E-state index in [0.717, 1.165) is 25.9 Å². The number of rotatable bonds is 7. The van der Waals surface area contributed by atoms with E-state index in [-0.39, 0.29) is 34.7 Å². The molecule has 2 saturated carbocycles. The van der Waals surface area contributed by atoms with Gasteiger partial charge in [0, 0.05) is 37.0 Å². The van der Waals surface area contributed by atoms with Crippen molar-refractivity contribution in [1.82, 2.24) is 14.8 Å². The summed E-state index contributed by atoms with van der Waals surface area (Å²) in [7, 11) is 2.10. The molecule has 3 saturated heterocycles. The van der Waals surface area contributed by atoms with Crippen LogP contribution in [0.15, 0.2) is 35.3 Å². The molecule has 2 unspecified atom stereocenters. The molecule has 3 aliphatic heterocycles. The second-order valence-corrected chi connectivity index (χ2v) is 11.2. The molecule has 1 aromatic carbocycles. The van der Waals surface area contributed by atoms with E-state index in [0.29, 0.717) is 40.8 Å². The van der Waals surface area contributed by atoms with Crippen LogP contribution in [0.25, 0.3) is 0 Å². The van der Waals surface area contributed by atoms with Crippen LogP contribution < -0.4 is 16.2 Å². The lowest BCUT2D eigenvalue weighted by Gasteiger charge is -2.37. The van der Waals surface area contributed by atoms with E-state index in [9.17, 15) is 18.4 Å². The second kappa shape index (κ2) is 8.38. The summed E-state index contributed by atoms with van der Waals surface area (Å²) in [5.74, 6) is 0.692. The van der Waals surface area contributed by atoms with Gasteiger partial charge in [0.2, 0.25) is 0 Å². The number of alkyl halides is 2. The average molecular weight is 499 g/mol. The summed E-state index contributed by atoms with van der Waals surface area (Å²) in [5, 5.41) is 6.48. The number of nitrogens with one attached hydrogen (secondary N) is 2. The lowest BCUT2D eigenvalue weighted by molar-refractivity contribution is 0.0937. The van der Waals surface area contributed by atoms with Crippen LogP contribution in [0.5, 0.6) is 0 Å². The zero-order valence-electron chi connectivity index (χ0n) is 20.8. The third-order valence-electron chi connectivity index (χ3n) is 8.78. The first-order chi connectivity index (χ1) is 17.2.